The minimum absolute atomic E-state index is 0.0199. The lowest BCUT2D eigenvalue weighted by molar-refractivity contribution is -0.384. The number of hydrogen-bond acceptors (Lipinski definition) is 8. The highest BCUT2D eigenvalue weighted by molar-refractivity contribution is 7.92. The van der Waals surface area contributed by atoms with Crippen LogP contribution in [0.3, 0.4) is 0 Å². The third kappa shape index (κ3) is 5.17. The molecular weight excluding hydrogens is 440 g/mol. The van der Waals surface area contributed by atoms with E-state index in [1.54, 1.807) is 12.1 Å². The number of sulfonamides is 1. The molecule has 0 heterocycles. The molecule has 0 spiro atoms. The van der Waals surface area contributed by atoms with Crippen LogP contribution < -0.4 is 10.1 Å². The molecule has 0 aromatic heterocycles. The number of carboxylic acid groups (broad SMARTS) is 1. The number of nitrogens with one attached hydrogen (secondary N) is 2. The number of carboxylic acids is 1. The fraction of sp³-hybridized carbons (Fsp3) is 0. The number of benzene rings is 3. The first-order valence-corrected chi connectivity index (χ1v) is 10.4. The van der Waals surface area contributed by atoms with Crippen LogP contribution in [0.2, 0.25) is 0 Å². The van der Waals surface area contributed by atoms with E-state index in [9.17, 15) is 33.5 Å². The number of phenolic OH excluding ortho intramolecular Hbond substituents is 1. The molecule has 0 aliphatic heterocycles. The van der Waals surface area contributed by atoms with Crippen molar-refractivity contribution in [3.05, 3.63) is 88.0 Å². The van der Waals surface area contributed by atoms with Crippen LogP contribution >= 0.6 is 0 Å². The van der Waals surface area contributed by atoms with Crippen molar-refractivity contribution in [2.45, 2.75) is 4.90 Å². The van der Waals surface area contributed by atoms with Crippen molar-refractivity contribution >= 4 is 39.3 Å². The van der Waals surface area contributed by atoms with E-state index in [0.717, 1.165) is 18.2 Å². The predicted molar refractivity (Wildman–Crippen MR) is 117 cm³/mol. The molecule has 0 aliphatic carbocycles. The fourth-order valence-electron chi connectivity index (χ4n) is 2.67. The Bertz CT molecular complexity index is 1320. The molecule has 0 radical (unpaired) electrons. The van der Waals surface area contributed by atoms with Crippen molar-refractivity contribution in [3.8, 4) is 5.75 Å². The van der Waals surface area contributed by atoms with Crippen molar-refractivity contribution < 1.29 is 28.3 Å². The van der Waals surface area contributed by atoms with Crippen molar-refractivity contribution in [1.82, 2.24) is 0 Å². The topological polar surface area (TPSA) is 171 Å². The molecule has 0 amide bonds. The van der Waals surface area contributed by atoms with Gasteiger partial charge < -0.3 is 10.2 Å². The van der Waals surface area contributed by atoms with Gasteiger partial charge in [0.15, 0.2) is 0 Å². The van der Waals surface area contributed by atoms with E-state index in [4.69, 9.17) is 0 Å². The summed E-state index contributed by atoms with van der Waals surface area (Å²) >= 11 is 0. The molecule has 3 rings (SSSR count). The minimum Gasteiger partial charge on any atom is -0.508 e. The normalized spacial score (nSPS) is 11.2. The monoisotopic (exact) mass is 456 g/mol. The standard InChI is InChI=1S/C20H16N4O7S/c25-14-5-3-4-13(10-14)12-21-22-18-9-8-15(11-19(18)24(28)29)32(30,31)23-17-7-2-1-6-16(17)20(26)27/h1-12,22-23,25H,(H,26,27)/b21-12-. The number of nitro groups is 1. The highest BCUT2D eigenvalue weighted by Crippen LogP contribution is 2.29. The first-order chi connectivity index (χ1) is 15.2. The summed E-state index contributed by atoms with van der Waals surface area (Å²) in [6, 6.07) is 14.6. The predicted octanol–water partition coefficient (Wildman–Crippen LogP) is 3.25. The van der Waals surface area contributed by atoms with Crippen molar-refractivity contribution in [2.75, 3.05) is 10.1 Å². The number of phenols is 1. The van der Waals surface area contributed by atoms with E-state index in [2.05, 4.69) is 15.2 Å². The number of aromatic hydroxyl groups is 1. The van der Waals surface area contributed by atoms with Gasteiger partial charge in [0, 0.05) is 6.07 Å². The first-order valence-electron chi connectivity index (χ1n) is 8.89. The number of nitrogens with zero attached hydrogens (tertiary/aromatic N) is 2. The van der Waals surface area contributed by atoms with Gasteiger partial charge in [-0.05, 0) is 42.0 Å². The maximum absolute atomic E-state index is 12.7. The molecule has 12 heteroatoms. The molecule has 0 fully saturated rings. The Morgan fingerprint density at radius 1 is 1.03 bits per heavy atom. The summed E-state index contributed by atoms with van der Waals surface area (Å²) in [5, 5.41) is 34.0. The van der Waals surface area contributed by atoms with E-state index in [1.807, 2.05) is 0 Å². The number of para-hydroxylation sites is 1. The fourth-order valence-corrected chi connectivity index (χ4v) is 3.77. The lowest BCUT2D eigenvalue weighted by Gasteiger charge is -2.11. The van der Waals surface area contributed by atoms with Gasteiger partial charge in [0.2, 0.25) is 0 Å². The maximum atomic E-state index is 12.7. The third-order valence-corrected chi connectivity index (χ3v) is 5.51. The number of aromatic carboxylic acids is 1. The van der Waals surface area contributed by atoms with Crippen LogP contribution in [0.15, 0.2) is 76.7 Å². The summed E-state index contributed by atoms with van der Waals surface area (Å²) in [7, 11) is -4.32. The third-order valence-electron chi connectivity index (χ3n) is 4.15. The number of rotatable bonds is 8. The quantitative estimate of drug-likeness (QED) is 0.227. The smallest absolute Gasteiger partial charge is 0.337 e. The largest absolute Gasteiger partial charge is 0.508 e. The molecule has 3 aromatic rings. The SMILES string of the molecule is O=C(O)c1ccccc1NS(=O)(=O)c1ccc(N/N=C\c2cccc(O)c2)c([N+](=O)[O-])c1. The zero-order chi connectivity index (χ0) is 23.3. The Morgan fingerprint density at radius 2 is 1.78 bits per heavy atom. The van der Waals surface area contributed by atoms with Crippen LogP contribution in [0.5, 0.6) is 5.75 Å². The summed E-state index contributed by atoms with van der Waals surface area (Å²) in [5.74, 6) is -1.31. The second-order valence-corrected chi connectivity index (χ2v) is 8.04. The Hall–Kier alpha value is -4.45. The van der Waals surface area contributed by atoms with E-state index in [-0.39, 0.29) is 22.7 Å². The second kappa shape index (κ2) is 9.14. The lowest BCUT2D eigenvalue weighted by Crippen LogP contribution is -2.16. The Kier molecular flexibility index (Phi) is 6.35. The average molecular weight is 456 g/mol. The summed E-state index contributed by atoms with van der Waals surface area (Å²) < 4.78 is 27.5. The van der Waals surface area contributed by atoms with Crippen LogP contribution in [-0.4, -0.2) is 35.7 Å². The molecule has 0 saturated heterocycles. The second-order valence-electron chi connectivity index (χ2n) is 6.36. The lowest BCUT2D eigenvalue weighted by atomic mass is 10.2. The number of nitro benzene ring substituents is 1. The highest BCUT2D eigenvalue weighted by Gasteiger charge is 2.23. The molecular formula is C20H16N4O7S. The van der Waals surface area contributed by atoms with Crippen molar-refractivity contribution in [3.63, 3.8) is 0 Å². The van der Waals surface area contributed by atoms with Gasteiger partial charge in [-0.3, -0.25) is 20.3 Å². The van der Waals surface area contributed by atoms with Gasteiger partial charge in [-0.1, -0.05) is 24.3 Å². The molecule has 32 heavy (non-hydrogen) atoms. The maximum Gasteiger partial charge on any atom is 0.337 e. The molecule has 11 nitrogen and oxygen atoms in total. The van der Waals surface area contributed by atoms with Crippen LogP contribution in [0, 0.1) is 10.1 Å². The molecule has 164 valence electrons. The molecule has 3 aromatic carbocycles. The number of hydrogen-bond donors (Lipinski definition) is 4. The van der Waals surface area contributed by atoms with Crippen molar-refractivity contribution in [2.24, 2.45) is 5.10 Å². The van der Waals surface area contributed by atoms with Crippen LogP contribution in [0.4, 0.5) is 17.1 Å². The highest BCUT2D eigenvalue weighted by atomic mass is 32.2. The molecule has 0 atom stereocenters. The molecule has 0 aliphatic rings. The Morgan fingerprint density at radius 3 is 2.47 bits per heavy atom. The van der Waals surface area contributed by atoms with Crippen LogP contribution in [0.25, 0.3) is 0 Å². The van der Waals surface area contributed by atoms with E-state index in [1.165, 1.54) is 42.6 Å². The molecule has 4 N–H and O–H groups in total. The van der Waals surface area contributed by atoms with Gasteiger partial charge in [-0.25, -0.2) is 13.2 Å². The van der Waals surface area contributed by atoms with Crippen LogP contribution in [0.1, 0.15) is 15.9 Å². The van der Waals surface area contributed by atoms with Gasteiger partial charge in [-0.2, -0.15) is 5.10 Å². The van der Waals surface area contributed by atoms with Gasteiger partial charge >= 0.3 is 5.97 Å². The van der Waals surface area contributed by atoms with Gasteiger partial charge in [0.1, 0.15) is 11.4 Å². The summed E-state index contributed by atoms with van der Waals surface area (Å²) in [4.78, 5) is 21.5. The van der Waals surface area contributed by atoms with Gasteiger partial charge in [0.25, 0.3) is 15.7 Å². The van der Waals surface area contributed by atoms with Crippen LogP contribution in [-0.2, 0) is 10.0 Å². The van der Waals surface area contributed by atoms with Gasteiger partial charge in [-0.15, -0.1) is 0 Å². The zero-order valence-corrected chi connectivity index (χ0v) is 17.0. The van der Waals surface area contributed by atoms with Crippen molar-refractivity contribution in [1.29, 1.82) is 0 Å². The van der Waals surface area contributed by atoms with E-state index >= 15 is 0 Å². The Balaban J connectivity index is 1.88. The molecule has 0 bridgehead atoms. The molecule has 0 saturated carbocycles. The number of carbonyl (C=O) groups is 1. The zero-order valence-electron chi connectivity index (χ0n) is 16.2. The summed E-state index contributed by atoms with van der Waals surface area (Å²) in [6.07, 6.45) is 1.32. The summed E-state index contributed by atoms with van der Waals surface area (Å²) in [6.45, 7) is 0. The average Bonchev–Trinajstić information content (AvgIpc) is 2.73. The first kappa shape index (κ1) is 22.2. The van der Waals surface area contributed by atoms with E-state index in [0.29, 0.717) is 5.56 Å². The Labute approximate surface area is 181 Å². The van der Waals surface area contributed by atoms with Gasteiger partial charge in [0.05, 0.1) is 27.3 Å². The number of hydrazone groups is 1. The van der Waals surface area contributed by atoms with E-state index < -0.39 is 31.5 Å². The minimum atomic E-state index is -4.32. The number of anilines is 2. The molecule has 0 unspecified atom stereocenters. The summed E-state index contributed by atoms with van der Waals surface area (Å²) in [5.41, 5.74) is 1.91.